The predicted octanol–water partition coefficient (Wildman–Crippen LogP) is 2.34. The SMILES string of the molecule is COc1cn(C2=C(CF)C=CC(N3C[C@@H](C)O[C@@H](C)C3)C=C2)nc(C)c1=O. The third kappa shape index (κ3) is 4.20. The highest BCUT2D eigenvalue weighted by atomic mass is 19.1. The summed E-state index contributed by atoms with van der Waals surface area (Å²) in [5.74, 6) is 0.183. The molecule has 0 aromatic carbocycles. The molecule has 3 atom stereocenters. The zero-order valence-corrected chi connectivity index (χ0v) is 16.2. The number of nitrogens with zero attached hydrogens (tertiary/aromatic N) is 3. The lowest BCUT2D eigenvalue weighted by Gasteiger charge is -2.38. The van der Waals surface area contributed by atoms with Crippen molar-refractivity contribution < 1.29 is 13.9 Å². The van der Waals surface area contributed by atoms with Crippen LogP contribution in [-0.2, 0) is 4.74 Å². The molecule has 1 aromatic heterocycles. The Kier molecular flexibility index (Phi) is 5.92. The fourth-order valence-electron chi connectivity index (χ4n) is 3.55. The number of allylic oxidation sites excluding steroid dienone is 4. The molecule has 1 fully saturated rings. The van der Waals surface area contributed by atoms with Gasteiger partial charge in [0.15, 0.2) is 5.75 Å². The van der Waals surface area contributed by atoms with E-state index in [1.165, 1.54) is 18.0 Å². The number of ether oxygens (including phenoxy) is 2. The average molecular weight is 375 g/mol. The van der Waals surface area contributed by atoms with E-state index in [9.17, 15) is 9.18 Å². The maximum Gasteiger partial charge on any atom is 0.244 e. The van der Waals surface area contributed by atoms with E-state index in [-0.39, 0.29) is 29.4 Å². The van der Waals surface area contributed by atoms with Crippen molar-refractivity contribution in [3.05, 3.63) is 52.0 Å². The highest BCUT2D eigenvalue weighted by Crippen LogP contribution is 2.23. The number of alkyl halides is 1. The zero-order valence-electron chi connectivity index (χ0n) is 16.2. The van der Waals surface area contributed by atoms with E-state index < -0.39 is 6.67 Å². The summed E-state index contributed by atoms with van der Waals surface area (Å²) in [6.07, 6.45) is 9.49. The van der Waals surface area contributed by atoms with Crippen molar-refractivity contribution >= 4 is 5.70 Å². The van der Waals surface area contributed by atoms with Gasteiger partial charge in [-0.25, -0.2) is 9.07 Å². The molecule has 7 heteroatoms. The lowest BCUT2D eigenvalue weighted by atomic mass is 10.1. The number of morpholine rings is 1. The van der Waals surface area contributed by atoms with Crippen LogP contribution in [0.3, 0.4) is 0 Å². The molecule has 0 N–H and O–H groups in total. The number of aromatic nitrogens is 2. The highest BCUT2D eigenvalue weighted by molar-refractivity contribution is 5.65. The van der Waals surface area contributed by atoms with E-state index in [1.807, 2.05) is 18.2 Å². The van der Waals surface area contributed by atoms with E-state index >= 15 is 0 Å². The molecular formula is C20H26FN3O3. The lowest BCUT2D eigenvalue weighted by molar-refractivity contribution is -0.0710. The van der Waals surface area contributed by atoms with Gasteiger partial charge < -0.3 is 9.47 Å². The number of aryl methyl sites for hydroxylation is 1. The molecular weight excluding hydrogens is 349 g/mol. The van der Waals surface area contributed by atoms with Crippen molar-refractivity contribution in [2.45, 2.75) is 39.0 Å². The van der Waals surface area contributed by atoms with Crippen molar-refractivity contribution in [2.75, 3.05) is 26.9 Å². The van der Waals surface area contributed by atoms with Crippen molar-refractivity contribution in [1.82, 2.24) is 14.7 Å². The first-order valence-corrected chi connectivity index (χ1v) is 9.13. The smallest absolute Gasteiger partial charge is 0.244 e. The van der Waals surface area contributed by atoms with Gasteiger partial charge in [0.05, 0.1) is 31.2 Å². The topological polar surface area (TPSA) is 56.6 Å². The van der Waals surface area contributed by atoms with E-state index in [4.69, 9.17) is 9.47 Å². The summed E-state index contributed by atoms with van der Waals surface area (Å²) in [6, 6.07) is 0.0419. The maximum atomic E-state index is 13.7. The van der Waals surface area contributed by atoms with Gasteiger partial charge in [-0.15, -0.1) is 0 Å². The fraction of sp³-hybridized carbons (Fsp3) is 0.500. The summed E-state index contributed by atoms with van der Waals surface area (Å²) in [5, 5.41) is 4.29. The first-order chi connectivity index (χ1) is 12.9. The first kappa shape index (κ1) is 19.5. The molecule has 1 aliphatic carbocycles. The maximum absolute atomic E-state index is 13.7. The largest absolute Gasteiger partial charge is 0.491 e. The summed E-state index contributed by atoms with van der Waals surface area (Å²) < 4.78 is 26.2. The molecule has 2 aliphatic rings. The number of hydrogen-bond donors (Lipinski definition) is 0. The molecule has 146 valence electrons. The summed E-state index contributed by atoms with van der Waals surface area (Å²) in [7, 11) is 1.44. The van der Waals surface area contributed by atoms with Gasteiger partial charge in [-0.1, -0.05) is 18.2 Å². The molecule has 0 bridgehead atoms. The minimum absolute atomic E-state index is 0.0419. The molecule has 0 spiro atoms. The van der Waals surface area contributed by atoms with Gasteiger partial charge in [0.1, 0.15) is 12.4 Å². The van der Waals surface area contributed by atoms with Crippen molar-refractivity contribution in [2.24, 2.45) is 0 Å². The molecule has 0 amide bonds. The molecule has 1 aliphatic heterocycles. The highest BCUT2D eigenvalue weighted by Gasteiger charge is 2.26. The zero-order chi connectivity index (χ0) is 19.6. The van der Waals surface area contributed by atoms with E-state index in [0.29, 0.717) is 17.0 Å². The van der Waals surface area contributed by atoms with Crippen LogP contribution in [0.5, 0.6) is 5.75 Å². The molecule has 3 rings (SSSR count). The van der Waals surface area contributed by atoms with Crippen LogP contribution in [0, 0.1) is 6.92 Å². The molecule has 6 nitrogen and oxygen atoms in total. The third-order valence-corrected chi connectivity index (χ3v) is 4.80. The Morgan fingerprint density at radius 2 is 1.93 bits per heavy atom. The van der Waals surface area contributed by atoms with Crippen LogP contribution in [0.25, 0.3) is 5.70 Å². The minimum atomic E-state index is -0.631. The number of hydrogen-bond acceptors (Lipinski definition) is 5. The Labute approximate surface area is 158 Å². The summed E-state index contributed by atoms with van der Waals surface area (Å²) >= 11 is 0. The Bertz CT molecular complexity index is 833. The van der Waals surface area contributed by atoms with Crippen molar-refractivity contribution in [3.8, 4) is 5.75 Å². The fourth-order valence-corrected chi connectivity index (χ4v) is 3.55. The second-order valence-electron chi connectivity index (χ2n) is 7.02. The second-order valence-corrected chi connectivity index (χ2v) is 7.02. The lowest BCUT2D eigenvalue weighted by Crippen LogP contribution is -2.48. The van der Waals surface area contributed by atoms with Gasteiger partial charge in [0.2, 0.25) is 5.43 Å². The van der Waals surface area contributed by atoms with Gasteiger partial charge in [-0.05, 0) is 26.8 Å². The Hall–Kier alpha value is -2.25. The van der Waals surface area contributed by atoms with Crippen LogP contribution < -0.4 is 10.2 Å². The van der Waals surface area contributed by atoms with Gasteiger partial charge in [-0.2, -0.15) is 5.10 Å². The van der Waals surface area contributed by atoms with Crippen molar-refractivity contribution in [1.29, 1.82) is 0 Å². The van der Waals surface area contributed by atoms with Crippen LogP contribution in [0.2, 0.25) is 0 Å². The molecule has 1 aromatic rings. The average Bonchev–Trinajstić information content (AvgIpc) is 2.85. The third-order valence-electron chi connectivity index (χ3n) is 4.80. The standard InChI is InChI=1S/C20H26FN3O3/c1-13-10-23(11-14(2)27-13)17-6-5-16(9-21)18(8-7-17)24-12-19(26-4)20(25)15(3)22-24/h5-8,12-14,17H,9-11H2,1-4H3/t13-,14+,17?. The van der Waals surface area contributed by atoms with E-state index in [1.54, 1.807) is 13.0 Å². The van der Waals surface area contributed by atoms with Crippen LogP contribution in [-0.4, -0.2) is 59.8 Å². The summed E-state index contributed by atoms with van der Waals surface area (Å²) in [5.41, 5.74) is 1.13. The number of methoxy groups -OCH3 is 1. The van der Waals surface area contributed by atoms with Crippen LogP contribution in [0.1, 0.15) is 19.5 Å². The molecule has 27 heavy (non-hydrogen) atoms. The minimum Gasteiger partial charge on any atom is -0.491 e. The predicted molar refractivity (Wildman–Crippen MR) is 103 cm³/mol. The summed E-state index contributed by atoms with van der Waals surface area (Å²) in [6.45, 7) is 6.73. The van der Waals surface area contributed by atoms with E-state index in [2.05, 4.69) is 23.8 Å². The monoisotopic (exact) mass is 375 g/mol. The summed E-state index contributed by atoms with van der Waals surface area (Å²) in [4.78, 5) is 14.3. The molecule has 0 radical (unpaired) electrons. The van der Waals surface area contributed by atoms with Crippen LogP contribution >= 0.6 is 0 Å². The van der Waals surface area contributed by atoms with Crippen molar-refractivity contribution in [3.63, 3.8) is 0 Å². The van der Waals surface area contributed by atoms with Gasteiger partial charge in [-0.3, -0.25) is 9.69 Å². The molecule has 2 heterocycles. The molecule has 0 saturated carbocycles. The Balaban J connectivity index is 1.95. The van der Waals surface area contributed by atoms with E-state index in [0.717, 1.165) is 13.1 Å². The Morgan fingerprint density at radius 1 is 1.26 bits per heavy atom. The second kappa shape index (κ2) is 8.19. The Morgan fingerprint density at radius 3 is 2.56 bits per heavy atom. The first-order valence-electron chi connectivity index (χ1n) is 9.13. The van der Waals surface area contributed by atoms with Crippen LogP contribution in [0.15, 0.2) is 40.9 Å². The molecule has 1 unspecified atom stereocenters. The molecule has 1 saturated heterocycles. The van der Waals surface area contributed by atoms with Gasteiger partial charge in [0, 0.05) is 24.7 Å². The number of halogens is 1. The normalized spacial score (nSPS) is 26.3. The van der Waals surface area contributed by atoms with Crippen LogP contribution in [0.4, 0.5) is 4.39 Å². The number of rotatable bonds is 4. The quantitative estimate of drug-likeness (QED) is 0.809. The van der Waals surface area contributed by atoms with Gasteiger partial charge >= 0.3 is 0 Å². The van der Waals surface area contributed by atoms with Gasteiger partial charge in [0.25, 0.3) is 0 Å².